The number of ether oxygens (including phenoxy) is 1. The summed E-state index contributed by atoms with van der Waals surface area (Å²) >= 11 is 0. The summed E-state index contributed by atoms with van der Waals surface area (Å²) in [5.74, 6) is 0. The van der Waals surface area contributed by atoms with Gasteiger partial charge in [-0.15, -0.1) is 0 Å². The van der Waals surface area contributed by atoms with Crippen LogP contribution < -0.4 is 0 Å². The van der Waals surface area contributed by atoms with Gasteiger partial charge in [0.2, 0.25) is 0 Å². The van der Waals surface area contributed by atoms with E-state index in [4.69, 9.17) is 4.74 Å². The van der Waals surface area contributed by atoms with Crippen molar-refractivity contribution in [2.45, 2.75) is 43.2 Å². The molecule has 0 aliphatic carbocycles. The van der Waals surface area contributed by atoms with E-state index in [2.05, 4.69) is 22.0 Å². The first-order chi connectivity index (χ1) is 11.4. The molecule has 132 valence electrons. The SMILES string of the molecule is CN(CCC1CCCCO1)Cc1cnc2c(S(C)(=O)=O)cnn2c1. The first kappa shape index (κ1) is 17.3. The highest BCUT2D eigenvalue weighted by molar-refractivity contribution is 7.90. The van der Waals surface area contributed by atoms with Crippen LogP contribution in [0.4, 0.5) is 0 Å². The van der Waals surface area contributed by atoms with E-state index in [9.17, 15) is 8.42 Å². The molecule has 0 N–H and O–H groups in total. The smallest absolute Gasteiger partial charge is 0.180 e. The Balaban J connectivity index is 1.62. The molecule has 3 heterocycles. The number of aromatic nitrogens is 3. The highest BCUT2D eigenvalue weighted by Gasteiger charge is 2.17. The zero-order valence-electron chi connectivity index (χ0n) is 14.2. The molecular formula is C16H24N4O3S. The van der Waals surface area contributed by atoms with Gasteiger partial charge >= 0.3 is 0 Å². The third-order valence-electron chi connectivity index (χ3n) is 4.34. The molecule has 1 aliphatic heterocycles. The first-order valence-corrected chi connectivity index (χ1v) is 10.1. The molecule has 0 saturated carbocycles. The Morgan fingerprint density at radius 2 is 2.21 bits per heavy atom. The normalized spacial score (nSPS) is 19.2. The lowest BCUT2D eigenvalue weighted by molar-refractivity contribution is 0.00640. The van der Waals surface area contributed by atoms with E-state index in [-0.39, 0.29) is 4.90 Å². The average molecular weight is 352 g/mol. The van der Waals surface area contributed by atoms with Crippen molar-refractivity contribution in [2.24, 2.45) is 0 Å². The molecule has 0 amide bonds. The van der Waals surface area contributed by atoms with Gasteiger partial charge in [0, 0.05) is 43.9 Å². The number of hydrogen-bond donors (Lipinski definition) is 0. The van der Waals surface area contributed by atoms with E-state index in [1.54, 1.807) is 6.20 Å². The summed E-state index contributed by atoms with van der Waals surface area (Å²) in [4.78, 5) is 6.67. The van der Waals surface area contributed by atoms with Crippen molar-refractivity contribution in [3.8, 4) is 0 Å². The van der Waals surface area contributed by atoms with Crippen LogP contribution in [0.1, 0.15) is 31.2 Å². The molecular weight excluding hydrogens is 328 g/mol. The molecule has 0 bridgehead atoms. The van der Waals surface area contributed by atoms with Crippen LogP contribution in [0.15, 0.2) is 23.5 Å². The summed E-state index contributed by atoms with van der Waals surface area (Å²) in [6.07, 6.45) is 11.1. The molecule has 1 unspecified atom stereocenters. The highest BCUT2D eigenvalue weighted by atomic mass is 32.2. The third kappa shape index (κ3) is 4.12. The van der Waals surface area contributed by atoms with Gasteiger partial charge in [-0.05, 0) is 32.7 Å². The molecule has 0 spiro atoms. The summed E-state index contributed by atoms with van der Waals surface area (Å²) in [6, 6.07) is 0. The summed E-state index contributed by atoms with van der Waals surface area (Å²) < 4.78 is 30.7. The largest absolute Gasteiger partial charge is 0.378 e. The molecule has 0 aromatic carbocycles. The quantitative estimate of drug-likeness (QED) is 0.785. The second-order valence-electron chi connectivity index (χ2n) is 6.53. The van der Waals surface area contributed by atoms with Crippen LogP contribution in [0.2, 0.25) is 0 Å². The van der Waals surface area contributed by atoms with E-state index in [1.807, 2.05) is 6.20 Å². The average Bonchev–Trinajstić information content (AvgIpc) is 2.97. The number of fused-ring (bicyclic) bond motifs is 1. The van der Waals surface area contributed by atoms with Crippen LogP contribution in [0, 0.1) is 0 Å². The van der Waals surface area contributed by atoms with Gasteiger partial charge in [0.1, 0.15) is 4.90 Å². The minimum atomic E-state index is -3.31. The maximum absolute atomic E-state index is 11.7. The molecule has 1 saturated heterocycles. The number of hydrogen-bond acceptors (Lipinski definition) is 6. The Morgan fingerprint density at radius 1 is 1.38 bits per heavy atom. The lowest BCUT2D eigenvalue weighted by Gasteiger charge is -2.25. The second-order valence-corrected chi connectivity index (χ2v) is 8.51. The van der Waals surface area contributed by atoms with Crippen molar-refractivity contribution in [3.05, 3.63) is 24.2 Å². The molecule has 1 atom stereocenters. The van der Waals surface area contributed by atoms with Crippen LogP contribution in [-0.2, 0) is 21.1 Å². The summed E-state index contributed by atoms with van der Waals surface area (Å²) in [5.41, 5.74) is 1.37. The van der Waals surface area contributed by atoms with E-state index in [1.165, 1.54) is 29.8 Å². The van der Waals surface area contributed by atoms with Crippen molar-refractivity contribution in [1.82, 2.24) is 19.5 Å². The maximum Gasteiger partial charge on any atom is 0.180 e. The van der Waals surface area contributed by atoms with E-state index in [0.717, 1.165) is 38.1 Å². The van der Waals surface area contributed by atoms with Gasteiger partial charge in [-0.2, -0.15) is 5.10 Å². The lowest BCUT2D eigenvalue weighted by atomic mass is 10.1. The lowest BCUT2D eigenvalue weighted by Crippen LogP contribution is -2.26. The van der Waals surface area contributed by atoms with Gasteiger partial charge in [0.25, 0.3) is 0 Å². The number of sulfone groups is 1. The molecule has 2 aromatic heterocycles. The van der Waals surface area contributed by atoms with E-state index >= 15 is 0 Å². The zero-order chi connectivity index (χ0) is 17.2. The van der Waals surface area contributed by atoms with Gasteiger partial charge in [-0.25, -0.2) is 17.9 Å². The Kier molecular flexibility index (Phi) is 5.17. The van der Waals surface area contributed by atoms with Gasteiger partial charge in [0.15, 0.2) is 15.5 Å². The summed E-state index contributed by atoms with van der Waals surface area (Å²) in [6.45, 7) is 2.58. The summed E-state index contributed by atoms with van der Waals surface area (Å²) in [5, 5.41) is 4.11. The van der Waals surface area contributed by atoms with Gasteiger partial charge in [0.05, 0.1) is 12.3 Å². The summed E-state index contributed by atoms with van der Waals surface area (Å²) in [7, 11) is -1.25. The molecule has 24 heavy (non-hydrogen) atoms. The van der Waals surface area contributed by atoms with Crippen molar-refractivity contribution in [2.75, 3.05) is 26.5 Å². The fraction of sp³-hybridized carbons (Fsp3) is 0.625. The molecule has 1 aliphatic rings. The molecule has 1 fully saturated rings. The van der Waals surface area contributed by atoms with Crippen molar-refractivity contribution >= 4 is 15.5 Å². The highest BCUT2D eigenvalue weighted by Crippen LogP contribution is 2.17. The predicted octanol–water partition coefficient (Wildman–Crippen LogP) is 1.52. The van der Waals surface area contributed by atoms with Crippen LogP contribution in [0.25, 0.3) is 5.65 Å². The van der Waals surface area contributed by atoms with Gasteiger partial charge in [-0.3, -0.25) is 0 Å². The number of rotatable bonds is 6. The fourth-order valence-electron chi connectivity index (χ4n) is 3.03. The Morgan fingerprint density at radius 3 is 2.92 bits per heavy atom. The Bertz CT molecular complexity index is 797. The predicted molar refractivity (Wildman–Crippen MR) is 90.6 cm³/mol. The number of nitrogens with zero attached hydrogens (tertiary/aromatic N) is 4. The zero-order valence-corrected chi connectivity index (χ0v) is 15.0. The van der Waals surface area contributed by atoms with Crippen molar-refractivity contribution < 1.29 is 13.2 Å². The topological polar surface area (TPSA) is 76.8 Å². The van der Waals surface area contributed by atoms with Gasteiger partial charge < -0.3 is 9.64 Å². The first-order valence-electron chi connectivity index (χ1n) is 8.26. The standard InChI is InChI=1S/C16H24N4O3S/c1-19(7-6-14-5-3-4-8-23-14)11-13-9-17-16-15(24(2,21)22)10-18-20(16)12-13/h9-10,12,14H,3-8,11H2,1-2H3. The van der Waals surface area contributed by atoms with Crippen LogP contribution in [-0.4, -0.2) is 60.5 Å². The van der Waals surface area contributed by atoms with Crippen LogP contribution in [0.3, 0.4) is 0 Å². The van der Waals surface area contributed by atoms with Gasteiger partial charge in [-0.1, -0.05) is 0 Å². The molecule has 0 radical (unpaired) electrons. The Labute approximate surface area is 142 Å². The van der Waals surface area contributed by atoms with Crippen LogP contribution >= 0.6 is 0 Å². The van der Waals surface area contributed by atoms with Crippen LogP contribution in [0.5, 0.6) is 0 Å². The molecule has 7 nitrogen and oxygen atoms in total. The van der Waals surface area contributed by atoms with E-state index < -0.39 is 9.84 Å². The minimum absolute atomic E-state index is 0.164. The third-order valence-corrected chi connectivity index (χ3v) is 5.42. The fourth-order valence-corrected chi connectivity index (χ4v) is 3.74. The molecule has 2 aromatic rings. The minimum Gasteiger partial charge on any atom is -0.378 e. The Hall–Kier alpha value is -1.51. The second kappa shape index (κ2) is 7.16. The van der Waals surface area contributed by atoms with Crippen molar-refractivity contribution in [3.63, 3.8) is 0 Å². The molecule has 8 heteroatoms. The monoisotopic (exact) mass is 352 g/mol. The maximum atomic E-state index is 11.7. The van der Waals surface area contributed by atoms with E-state index in [0.29, 0.717) is 11.8 Å². The molecule has 3 rings (SSSR count). The van der Waals surface area contributed by atoms with Crippen molar-refractivity contribution in [1.29, 1.82) is 0 Å².